The fraction of sp³-hybridized carbons (Fsp3) is 0.357. The molecule has 96 valence electrons. The summed E-state index contributed by atoms with van der Waals surface area (Å²) in [7, 11) is 0. The number of anilines is 1. The molecular formula is C14H14N4O. The van der Waals surface area contributed by atoms with E-state index in [-0.39, 0.29) is 6.04 Å². The third-order valence-corrected chi connectivity index (χ3v) is 3.42. The molecule has 3 heterocycles. The predicted molar refractivity (Wildman–Crippen MR) is 69.5 cm³/mol. The van der Waals surface area contributed by atoms with E-state index in [2.05, 4.69) is 21.1 Å². The molecule has 0 saturated carbocycles. The molecule has 0 bridgehead atoms. The van der Waals surface area contributed by atoms with Crippen LogP contribution in [0.15, 0.2) is 28.9 Å². The quantitative estimate of drug-likeness (QED) is 0.824. The van der Waals surface area contributed by atoms with Crippen molar-refractivity contribution in [1.29, 1.82) is 5.26 Å². The van der Waals surface area contributed by atoms with Gasteiger partial charge in [0.05, 0.1) is 11.6 Å². The van der Waals surface area contributed by atoms with Crippen LogP contribution < -0.4 is 4.90 Å². The standard InChI is InChI=1S/C14H14N4O/c1-10-8-12(17-19-10)13-5-3-7-18(13)14-11(9-15)4-2-6-16-14/h2,4,6,8,13H,3,5,7H2,1H3/t13-/m1/s1. The van der Waals surface area contributed by atoms with Gasteiger partial charge < -0.3 is 9.42 Å². The Hall–Kier alpha value is -2.35. The molecule has 1 fully saturated rings. The largest absolute Gasteiger partial charge is 0.361 e. The molecule has 0 amide bonds. The lowest BCUT2D eigenvalue weighted by atomic mass is 10.1. The highest BCUT2D eigenvalue weighted by Gasteiger charge is 2.30. The summed E-state index contributed by atoms with van der Waals surface area (Å²) in [5.74, 6) is 1.55. The molecule has 1 aliphatic heterocycles. The fourth-order valence-electron chi connectivity index (χ4n) is 2.58. The van der Waals surface area contributed by atoms with Gasteiger partial charge in [-0.2, -0.15) is 5.26 Å². The normalized spacial score (nSPS) is 18.5. The molecule has 0 aromatic carbocycles. The van der Waals surface area contributed by atoms with Crippen molar-refractivity contribution in [2.75, 3.05) is 11.4 Å². The molecule has 0 spiro atoms. The van der Waals surface area contributed by atoms with Crippen molar-refractivity contribution in [2.45, 2.75) is 25.8 Å². The maximum Gasteiger partial charge on any atom is 0.147 e. The third-order valence-electron chi connectivity index (χ3n) is 3.42. The minimum Gasteiger partial charge on any atom is -0.361 e. The Morgan fingerprint density at radius 1 is 1.53 bits per heavy atom. The average molecular weight is 254 g/mol. The number of aromatic nitrogens is 2. The first-order valence-corrected chi connectivity index (χ1v) is 6.34. The van der Waals surface area contributed by atoms with Crippen LogP contribution in [0.3, 0.4) is 0 Å². The van der Waals surface area contributed by atoms with E-state index >= 15 is 0 Å². The maximum absolute atomic E-state index is 9.19. The van der Waals surface area contributed by atoms with E-state index in [0.29, 0.717) is 5.56 Å². The minimum absolute atomic E-state index is 0.152. The van der Waals surface area contributed by atoms with Crippen LogP contribution in [-0.2, 0) is 0 Å². The molecule has 5 nitrogen and oxygen atoms in total. The molecule has 0 radical (unpaired) electrons. The third kappa shape index (κ3) is 2.06. The second-order valence-corrected chi connectivity index (χ2v) is 4.70. The number of hydrogen-bond donors (Lipinski definition) is 0. The number of aryl methyl sites for hydroxylation is 1. The van der Waals surface area contributed by atoms with Crippen LogP contribution in [0.1, 0.15) is 35.9 Å². The fourth-order valence-corrected chi connectivity index (χ4v) is 2.58. The Balaban J connectivity index is 1.98. The summed E-state index contributed by atoms with van der Waals surface area (Å²) >= 11 is 0. The zero-order valence-electron chi connectivity index (χ0n) is 10.7. The highest BCUT2D eigenvalue weighted by atomic mass is 16.5. The Morgan fingerprint density at radius 2 is 2.42 bits per heavy atom. The summed E-state index contributed by atoms with van der Waals surface area (Å²) in [6.45, 7) is 2.78. The van der Waals surface area contributed by atoms with Gasteiger partial charge in [0.15, 0.2) is 0 Å². The average Bonchev–Trinajstić information content (AvgIpc) is 3.06. The highest BCUT2D eigenvalue weighted by molar-refractivity contribution is 5.55. The molecule has 2 aromatic heterocycles. The number of nitrogens with zero attached hydrogens (tertiary/aromatic N) is 4. The van der Waals surface area contributed by atoms with Crippen molar-refractivity contribution in [3.8, 4) is 6.07 Å². The first kappa shape index (κ1) is 11.7. The van der Waals surface area contributed by atoms with Crippen molar-refractivity contribution in [2.24, 2.45) is 0 Å². The lowest BCUT2D eigenvalue weighted by Gasteiger charge is -2.24. The van der Waals surface area contributed by atoms with Crippen LogP contribution in [0.2, 0.25) is 0 Å². The summed E-state index contributed by atoms with van der Waals surface area (Å²) in [6, 6.07) is 7.89. The van der Waals surface area contributed by atoms with Crippen LogP contribution >= 0.6 is 0 Å². The molecule has 1 saturated heterocycles. The van der Waals surface area contributed by atoms with E-state index in [9.17, 15) is 5.26 Å². The van der Waals surface area contributed by atoms with Gasteiger partial charge in [0, 0.05) is 18.8 Å². The molecule has 0 unspecified atom stereocenters. The van der Waals surface area contributed by atoms with Crippen molar-refractivity contribution in [3.63, 3.8) is 0 Å². The van der Waals surface area contributed by atoms with Gasteiger partial charge in [0.2, 0.25) is 0 Å². The topological polar surface area (TPSA) is 66.0 Å². The number of pyridine rings is 1. The first-order chi connectivity index (χ1) is 9.29. The molecule has 5 heteroatoms. The van der Waals surface area contributed by atoms with E-state index in [1.165, 1.54) is 0 Å². The molecule has 0 N–H and O–H groups in total. The monoisotopic (exact) mass is 254 g/mol. The Kier molecular flexibility index (Phi) is 2.92. The Labute approximate surface area is 111 Å². The molecule has 3 rings (SSSR count). The number of nitriles is 1. The molecule has 1 atom stereocenters. The summed E-state index contributed by atoms with van der Waals surface area (Å²) in [5, 5.41) is 13.3. The number of rotatable bonds is 2. The van der Waals surface area contributed by atoms with Gasteiger partial charge in [0.25, 0.3) is 0 Å². The van der Waals surface area contributed by atoms with Gasteiger partial charge in [-0.1, -0.05) is 5.16 Å². The van der Waals surface area contributed by atoms with Crippen LogP contribution in [0, 0.1) is 18.3 Å². The van der Waals surface area contributed by atoms with Crippen LogP contribution in [0.5, 0.6) is 0 Å². The van der Waals surface area contributed by atoms with Gasteiger partial charge >= 0.3 is 0 Å². The van der Waals surface area contributed by atoms with Gasteiger partial charge in [0.1, 0.15) is 23.3 Å². The van der Waals surface area contributed by atoms with Crippen molar-refractivity contribution in [1.82, 2.24) is 10.1 Å². The van der Waals surface area contributed by atoms with Crippen LogP contribution in [0.25, 0.3) is 0 Å². The molecule has 19 heavy (non-hydrogen) atoms. The summed E-state index contributed by atoms with van der Waals surface area (Å²) in [5.41, 5.74) is 1.53. The van der Waals surface area contributed by atoms with E-state index < -0.39 is 0 Å². The summed E-state index contributed by atoms with van der Waals surface area (Å²) < 4.78 is 5.16. The van der Waals surface area contributed by atoms with Gasteiger partial charge in [-0.3, -0.25) is 0 Å². The van der Waals surface area contributed by atoms with E-state index in [1.54, 1.807) is 18.3 Å². The van der Waals surface area contributed by atoms with Gasteiger partial charge in [-0.05, 0) is 31.9 Å². The van der Waals surface area contributed by atoms with Gasteiger partial charge in [-0.15, -0.1) is 0 Å². The van der Waals surface area contributed by atoms with Crippen molar-refractivity contribution >= 4 is 5.82 Å². The summed E-state index contributed by atoms with van der Waals surface area (Å²) in [6.07, 6.45) is 3.80. The van der Waals surface area contributed by atoms with Gasteiger partial charge in [-0.25, -0.2) is 4.98 Å². The molecule has 2 aromatic rings. The van der Waals surface area contributed by atoms with Crippen LogP contribution in [0.4, 0.5) is 5.82 Å². The Bertz CT molecular complexity index is 628. The second-order valence-electron chi connectivity index (χ2n) is 4.70. The lowest BCUT2D eigenvalue weighted by Crippen LogP contribution is -2.24. The van der Waals surface area contributed by atoms with E-state index in [1.807, 2.05) is 13.0 Å². The minimum atomic E-state index is 0.152. The lowest BCUT2D eigenvalue weighted by molar-refractivity contribution is 0.385. The maximum atomic E-state index is 9.19. The van der Waals surface area contributed by atoms with Crippen molar-refractivity contribution in [3.05, 3.63) is 41.4 Å². The zero-order chi connectivity index (χ0) is 13.2. The van der Waals surface area contributed by atoms with Crippen molar-refractivity contribution < 1.29 is 4.52 Å². The van der Waals surface area contributed by atoms with Crippen LogP contribution in [-0.4, -0.2) is 16.7 Å². The van der Waals surface area contributed by atoms with E-state index in [0.717, 1.165) is 36.7 Å². The molecular weight excluding hydrogens is 240 g/mol. The highest BCUT2D eigenvalue weighted by Crippen LogP contribution is 2.35. The molecule has 0 aliphatic carbocycles. The first-order valence-electron chi connectivity index (χ1n) is 6.34. The SMILES string of the molecule is Cc1cc([C@H]2CCCN2c2ncccc2C#N)no1. The Morgan fingerprint density at radius 3 is 3.16 bits per heavy atom. The smallest absolute Gasteiger partial charge is 0.147 e. The van der Waals surface area contributed by atoms with E-state index in [4.69, 9.17) is 4.52 Å². The summed E-state index contributed by atoms with van der Waals surface area (Å²) in [4.78, 5) is 6.51. The number of hydrogen-bond acceptors (Lipinski definition) is 5. The second kappa shape index (κ2) is 4.73. The molecule has 1 aliphatic rings. The predicted octanol–water partition coefficient (Wildman–Crippen LogP) is 2.59. The zero-order valence-corrected chi connectivity index (χ0v) is 10.7.